The Balaban J connectivity index is 2.65. The second kappa shape index (κ2) is 4.49. The molecule has 0 saturated carbocycles. The van der Waals surface area contributed by atoms with E-state index in [1.165, 1.54) is 5.56 Å². The van der Waals surface area contributed by atoms with Crippen molar-refractivity contribution in [2.45, 2.75) is 13.5 Å². The molecule has 0 bridgehead atoms. The van der Waals surface area contributed by atoms with Crippen LogP contribution in [0.4, 0.5) is 0 Å². The summed E-state index contributed by atoms with van der Waals surface area (Å²) in [5, 5.41) is 4.32. The van der Waals surface area contributed by atoms with Crippen LogP contribution in [0.2, 0.25) is 0 Å². The molecule has 0 unspecified atom stereocenters. The Morgan fingerprint density at radius 2 is 2.12 bits per heavy atom. The highest BCUT2D eigenvalue weighted by Gasteiger charge is 2.04. The standard InChI is InChI=1S/C13H16N2O/c1-9-6-10(8-14-2)12-7-11(16-3)4-5-13(12)15-9/h4-7,14H,8H2,1-3H3. The van der Waals surface area contributed by atoms with Gasteiger partial charge in [0, 0.05) is 17.6 Å². The van der Waals surface area contributed by atoms with E-state index in [0.717, 1.165) is 28.9 Å². The maximum Gasteiger partial charge on any atom is 0.119 e. The van der Waals surface area contributed by atoms with Crippen LogP contribution in [0.15, 0.2) is 24.3 Å². The van der Waals surface area contributed by atoms with Crippen molar-refractivity contribution < 1.29 is 4.74 Å². The maximum absolute atomic E-state index is 5.24. The molecule has 2 aromatic rings. The highest BCUT2D eigenvalue weighted by Crippen LogP contribution is 2.23. The largest absolute Gasteiger partial charge is 0.497 e. The van der Waals surface area contributed by atoms with Gasteiger partial charge in [-0.3, -0.25) is 4.98 Å². The number of fused-ring (bicyclic) bond motifs is 1. The highest BCUT2D eigenvalue weighted by molar-refractivity contribution is 5.83. The van der Waals surface area contributed by atoms with Gasteiger partial charge in [-0.25, -0.2) is 0 Å². The van der Waals surface area contributed by atoms with Gasteiger partial charge in [-0.1, -0.05) is 0 Å². The lowest BCUT2D eigenvalue weighted by Crippen LogP contribution is -2.06. The smallest absolute Gasteiger partial charge is 0.119 e. The van der Waals surface area contributed by atoms with Crippen molar-refractivity contribution >= 4 is 10.9 Å². The number of hydrogen-bond acceptors (Lipinski definition) is 3. The Kier molecular flexibility index (Phi) is 3.06. The third kappa shape index (κ3) is 1.99. The number of rotatable bonds is 3. The van der Waals surface area contributed by atoms with Gasteiger partial charge in [0.25, 0.3) is 0 Å². The summed E-state index contributed by atoms with van der Waals surface area (Å²) in [4.78, 5) is 4.51. The SMILES string of the molecule is CNCc1cc(C)nc2ccc(OC)cc12. The number of aryl methyl sites for hydroxylation is 1. The molecule has 3 nitrogen and oxygen atoms in total. The van der Waals surface area contributed by atoms with Gasteiger partial charge in [0.05, 0.1) is 12.6 Å². The molecule has 3 heteroatoms. The molecular formula is C13H16N2O. The Labute approximate surface area is 95.5 Å². The molecule has 84 valence electrons. The molecule has 1 N–H and O–H groups in total. The molecule has 0 aliphatic carbocycles. The fraction of sp³-hybridized carbons (Fsp3) is 0.308. The fourth-order valence-electron chi connectivity index (χ4n) is 1.89. The molecule has 0 fully saturated rings. The van der Waals surface area contributed by atoms with E-state index in [0.29, 0.717) is 0 Å². The summed E-state index contributed by atoms with van der Waals surface area (Å²) in [6, 6.07) is 8.09. The molecule has 1 heterocycles. The topological polar surface area (TPSA) is 34.2 Å². The minimum Gasteiger partial charge on any atom is -0.497 e. The van der Waals surface area contributed by atoms with Crippen LogP contribution in [0.3, 0.4) is 0 Å². The van der Waals surface area contributed by atoms with E-state index in [9.17, 15) is 0 Å². The quantitative estimate of drug-likeness (QED) is 0.854. The van der Waals surface area contributed by atoms with Crippen molar-refractivity contribution in [3.8, 4) is 5.75 Å². The zero-order valence-electron chi connectivity index (χ0n) is 9.87. The third-order valence-corrected chi connectivity index (χ3v) is 2.60. The first-order chi connectivity index (χ1) is 7.74. The van der Waals surface area contributed by atoms with Crippen molar-refractivity contribution in [3.05, 3.63) is 35.5 Å². The molecule has 1 aromatic heterocycles. The van der Waals surface area contributed by atoms with E-state index in [1.807, 2.05) is 32.2 Å². The molecular weight excluding hydrogens is 200 g/mol. The first-order valence-electron chi connectivity index (χ1n) is 5.33. The maximum atomic E-state index is 5.24. The van der Waals surface area contributed by atoms with Crippen LogP contribution in [0.5, 0.6) is 5.75 Å². The Morgan fingerprint density at radius 1 is 1.31 bits per heavy atom. The van der Waals surface area contributed by atoms with Gasteiger partial charge < -0.3 is 10.1 Å². The van der Waals surface area contributed by atoms with Crippen LogP contribution in [0.25, 0.3) is 10.9 Å². The van der Waals surface area contributed by atoms with Gasteiger partial charge in [-0.2, -0.15) is 0 Å². The van der Waals surface area contributed by atoms with E-state index < -0.39 is 0 Å². The minimum atomic E-state index is 0.840. The summed E-state index contributed by atoms with van der Waals surface area (Å²) in [6.45, 7) is 2.86. The summed E-state index contributed by atoms with van der Waals surface area (Å²) >= 11 is 0. The van der Waals surface area contributed by atoms with E-state index in [4.69, 9.17) is 4.74 Å². The minimum absolute atomic E-state index is 0.840. The van der Waals surface area contributed by atoms with Crippen LogP contribution in [-0.2, 0) is 6.54 Å². The van der Waals surface area contributed by atoms with E-state index in [2.05, 4.69) is 16.4 Å². The summed E-state index contributed by atoms with van der Waals surface area (Å²) in [7, 11) is 3.63. The zero-order valence-corrected chi connectivity index (χ0v) is 9.87. The number of hydrogen-bond donors (Lipinski definition) is 1. The molecule has 0 radical (unpaired) electrons. The number of benzene rings is 1. The summed E-state index contributed by atoms with van der Waals surface area (Å²) < 4.78 is 5.24. The summed E-state index contributed by atoms with van der Waals surface area (Å²) in [5.74, 6) is 0.871. The first kappa shape index (κ1) is 10.9. The van der Waals surface area contributed by atoms with Crippen molar-refractivity contribution in [3.63, 3.8) is 0 Å². The molecule has 0 aliphatic heterocycles. The van der Waals surface area contributed by atoms with Crippen LogP contribution in [0.1, 0.15) is 11.3 Å². The Bertz CT molecular complexity index is 509. The highest BCUT2D eigenvalue weighted by atomic mass is 16.5. The number of nitrogens with one attached hydrogen (secondary N) is 1. The number of methoxy groups -OCH3 is 1. The lowest BCUT2D eigenvalue weighted by molar-refractivity contribution is 0.415. The van der Waals surface area contributed by atoms with Crippen LogP contribution < -0.4 is 10.1 Å². The second-order valence-corrected chi connectivity index (χ2v) is 3.84. The average molecular weight is 216 g/mol. The van der Waals surface area contributed by atoms with Gasteiger partial charge in [0.15, 0.2) is 0 Å². The molecule has 0 saturated heterocycles. The lowest BCUT2D eigenvalue weighted by Gasteiger charge is -2.08. The number of aromatic nitrogens is 1. The second-order valence-electron chi connectivity index (χ2n) is 3.84. The van der Waals surface area contributed by atoms with Crippen LogP contribution in [-0.4, -0.2) is 19.1 Å². The van der Waals surface area contributed by atoms with Gasteiger partial charge in [0.1, 0.15) is 5.75 Å². The van der Waals surface area contributed by atoms with Gasteiger partial charge in [0.2, 0.25) is 0 Å². The molecule has 0 aliphatic rings. The van der Waals surface area contributed by atoms with Crippen LogP contribution in [0, 0.1) is 6.92 Å². The van der Waals surface area contributed by atoms with Crippen molar-refractivity contribution in [2.24, 2.45) is 0 Å². The van der Waals surface area contributed by atoms with Crippen molar-refractivity contribution in [1.29, 1.82) is 0 Å². The van der Waals surface area contributed by atoms with Crippen molar-refractivity contribution in [2.75, 3.05) is 14.2 Å². The number of pyridine rings is 1. The monoisotopic (exact) mass is 216 g/mol. The van der Waals surface area contributed by atoms with Crippen molar-refractivity contribution in [1.82, 2.24) is 10.3 Å². The molecule has 2 rings (SSSR count). The predicted molar refractivity (Wildman–Crippen MR) is 65.8 cm³/mol. The van der Waals surface area contributed by atoms with Gasteiger partial charge in [-0.05, 0) is 43.8 Å². The molecule has 0 amide bonds. The van der Waals surface area contributed by atoms with Gasteiger partial charge >= 0.3 is 0 Å². The van der Waals surface area contributed by atoms with Crippen LogP contribution >= 0.6 is 0 Å². The molecule has 16 heavy (non-hydrogen) atoms. The van der Waals surface area contributed by atoms with Gasteiger partial charge in [-0.15, -0.1) is 0 Å². The molecule has 0 spiro atoms. The Hall–Kier alpha value is -1.61. The van der Waals surface area contributed by atoms with E-state index >= 15 is 0 Å². The Morgan fingerprint density at radius 3 is 2.81 bits per heavy atom. The number of ether oxygens (including phenoxy) is 1. The number of nitrogens with zero attached hydrogens (tertiary/aromatic N) is 1. The zero-order chi connectivity index (χ0) is 11.5. The lowest BCUT2D eigenvalue weighted by atomic mass is 10.1. The van der Waals surface area contributed by atoms with E-state index in [1.54, 1.807) is 7.11 Å². The summed E-state index contributed by atoms with van der Waals surface area (Å²) in [6.07, 6.45) is 0. The predicted octanol–water partition coefficient (Wildman–Crippen LogP) is 2.27. The fourth-order valence-corrected chi connectivity index (χ4v) is 1.89. The normalized spacial score (nSPS) is 10.7. The average Bonchev–Trinajstić information content (AvgIpc) is 2.29. The van der Waals surface area contributed by atoms with E-state index in [-0.39, 0.29) is 0 Å². The molecule has 0 atom stereocenters. The third-order valence-electron chi connectivity index (χ3n) is 2.60. The first-order valence-corrected chi connectivity index (χ1v) is 5.33. The molecule has 1 aromatic carbocycles. The summed E-state index contributed by atoms with van der Waals surface area (Å²) in [5.41, 5.74) is 3.32.